The number of aromatic nitrogens is 1. The lowest BCUT2D eigenvalue weighted by atomic mass is 10.1. The summed E-state index contributed by atoms with van der Waals surface area (Å²) in [5.41, 5.74) is 2.44. The van der Waals surface area contributed by atoms with Crippen LogP contribution in [-0.4, -0.2) is 16.0 Å². The van der Waals surface area contributed by atoms with Gasteiger partial charge in [-0.2, -0.15) is 0 Å². The molecule has 1 amide bonds. The number of hydrogen-bond donors (Lipinski definition) is 2. The summed E-state index contributed by atoms with van der Waals surface area (Å²) in [6.45, 7) is 1.91. The van der Waals surface area contributed by atoms with Crippen LogP contribution in [0.2, 0.25) is 0 Å². The highest BCUT2D eigenvalue weighted by Crippen LogP contribution is 2.13. The van der Waals surface area contributed by atoms with Gasteiger partial charge < -0.3 is 10.4 Å². The lowest BCUT2D eigenvalue weighted by molar-refractivity contribution is -0.115. The number of anilines is 1. The van der Waals surface area contributed by atoms with Crippen molar-refractivity contribution in [1.82, 2.24) is 4.98 Å². The van der Waals surface area contributed by atoms with Crippen molar-refractivity contribution in [3.05, 3.63) is 53.9 Å². The van der Waals surface area contributed by atoms with Crippen LogP contribution in [0, 0.1) is 6.92 Å². The van der Waals surface area contributed by atoms with Crippen LogP contribution < -0.4 is 5.32 Å². The van der Waals surface area contributed by atoms with Gasteiger partial charge in [0.1, 0.15) is 5.75 Å². The van der Waals surface area contributed by atoms with Gasteiger partial charge in [-0.3, -0.25) is 9.78 Å². The van der Waals surface area contributed by atoms with Gasteiger partial charge in [0, 0.05) is 6.20 Å². The number of carbonyl (C=O) groups is 1. The highest BCUT2D eigenvalue weighted by Gasteiger charge is 2.05. The molecule has 2 N–H and O–H groups in total. The average Bonchev–Trinajstić information content (AvgIpc) is 2.28. The molecule has 4 heteroatoms. The minimum absolute atomic E-state index is 0.131. The van der Waals surface area contributed by atoms with Gasteiger partial charge in [0.25, 0.3) is 0 Å². The molecule has 0 saturated heterocycles. The number of aryl methyl sites for hydroxylation is 1. The van der Waals surface area contributed by atoms with E-state index in [-0.39, 0.29) is 18.1 Å². The number of amides is 1. The van der Waals surface area contributed by atoms with Crippen LogP contribution in [0.1, 0.15) is 11.1 Å². The van der Waals surface area contributed by atoms with Crippen LogP contribution in [0.15, 0.2) is 42.7 Å². The number of carbonyl (C=O) groups excluding carboxylic acids is 1. The Morgan fingerprint density at radius 3 is 2.89 bits per heavy atom. The van der Waals surface area contributed by atoms with Crippen molar-refractivity contribution in [2.75, 3.05) is 5.32 Å². The van der Waals surface area contributed by atoms with Crippen LogP contribution in [-0.2, 0) is 11.2 Å². The maximum Gasteiger partial charge on any atom is 0.228 e. The van der Waals surface area contributed by atoms with E-state index in [1.807, 2.05) is 13.0 Å². The fraction of sp³-hybridized carbons (Fsp3) is 0.143. The summed E-state index contributed by atoms with van der Waals surface area (Å²) >= 11 is 0. The van der Waals surface area contributed by atoms with E-state index >= 15 is 0 Å². The number of rotatable bonds is 3. The number of hydrogen-bond acceptors (Lipinski definition) is 3. The molecule has 2 rings (SSSR count). The molecule has 18 heavy (non-hydrogen) atoms. The van der Waals surface area contributed by atoms with E-state index in [9.17, 15) is 9.90 Å². The Morgan fingerprint density at radius 2 is 2.17 bits per heavy atom. The SMILES string of the molecule is Cc1cncc(NC(=O)Cc2cccc(O)c2)c1. The number of aromatic hydroxyl groups is 1. The van der Waals surface area contributed by atoms with E-state index in [0.29, 0.717) is 5.69 Å². The Balaban J connectivity index is 2.01. The summed E-state index contributed by atoms with van der Waals surface area (Å²) < 4.78 is 0. The molecule has 0 unspecified atom stereocenters. The third-order valence-electron chi connectivity index (χ3n) is 2.43. The molecule has 0 aliphatic heterocycles. The number of phenolic OH excluding ortho intramolecular Hbond substituents is 1. The third kappa shape index (κ3) is 3.31. The predicted octanol–water partition coefficient (Wildman–Crippen LogP) is 2.28. The van der Waals surface area contributed by atoms with E-state index < -0.39 is 0 Å². The molecular weight excluding hydrogens is 228 g/mol. The second kappa shape index (κ2) is 5.31. The molecule has 0 radical (unpaired) electrons. The molecule has 1 heterocycles. The topological polar surface area (TPSA) is 62.2 Å². The largest absolute Gasteiger partial charge is 0.508 e. The molecule has 92 valence electrons. The Bertz CT molecular complexity index is 518. The minimum Gasteiger partial charge on any atom is -0.508 e. The zero-order chi connectivity index (χ0) is 13.0. The van der Waals surface area contributed by atoms with E-state index in [2.05, 4.69) is 10.3 Å². The lowest BCUT2D eigenvalue weighted by Gasteiger charge is -2.05. The molecule has 4 nitrogen and oxygen atoms in total. The molecule has 0 fully saturated rings. The molecular formula is C14H14N2O2. The number of nitrogens with zero attached hydrogens (tertiary/aromatic N) is 1. The van der Waals surface area contributed by atoms with E-state index in [1.54, 1.807) is 36.7 Å². The summed E-state index contributed by atoms with van der Waals surface area (Å²) in [4.78, 5) is 15.8. The van der Waals surface area contributed by atoms with Gasteiger partial charge in [-0.15, -0.1) is 0 Å². The lowest BCUT2D eigenvalue weighted by Crippen LogP contribution is -2.14. The number of nitrogens with one attached hydrogen (secondary N) is 1. The van der Waals surface area contributed by atoms with Crippen molar-refractivity contribution in [1.29, 1.82) is 0 Å². The fourth-order valence-corrected chi connectivity index (χ4v) is 1.68. The number of pyridine rings is 1. The summed E-state index contributed by atoms with van der Waals surface area (Å²) in [6.07, 6.45) is 3.56. The first-order valence-electron chi connectivity index (χ1n) is 5.63. The zero-order valence-electron chi connectivity index (χ0n) is 10.1. The van der Waals surface area contributed by atoms with Crippen molar-refractivity contribution in [3.63, 3.8) is 0 Å². The summed E-state index contributed by atoms with van der Waals surface area (Å²) in [5, 5.41) is 12.1. The molecule has 1 aromatic heterocycles. The molecule has 0 spiro atoms. The van der Waals surface area contributed by atoms with Gasteiger partial charge >= 0.3 is 0 Å². The van der Waals surface area contributed by atoms with Gasteiger partial charge in [-0.1, -0.05) is 12.1 Å². The van der Waals surface area contributed by atoms with Crippen LogP contribution in [0.3, 0.4) is 0 Å². The predicted molar refractivity (Wildman–Crippen MR) is 69.4 cm³/mol. The summed E-state index contributed by atoms with van der Waals surface area (Å²) in [6, 6.07) is 8.52. The summed E-state index contributed by atoms with van der Waals surface area (Å²) in [7, 11) is 0. The first-order valence-corrected chi connectivity index (χ1v) is 5.63. The van der Waals surface area contributed by atoms with Gasteiger partial charge in [0.05, 0.1) is 18.3 Å². The number of phenols is 1. The minimum atomic E-state index is -0.131. The van der Waals surface area contributed by atoms with Crippen LogP contribution >= 0.6 is 0 Å². The molecule has 1 aromatic carbocycles. The summed E-state index contributed by atoms with van der Waals surface area (Å²) in [5.74, 6) is 0.0329. The highest BCUT2D eigenvalue weighted by atomic mass is 16.3. The van der Waals surface area contributed by atoms with E-state index in [1.165, 1.54) is 0 Å². The van der Waals surface area contributed by atoms with Crippen molar-refractivity contribution in [2.45, 2.75) is 13.3 Å². The number of benzene rings is 1. The van der Waals surface area contributed by atoms with Crippen LogP contribution in [0.5, 0.6) is 5.75 Å². The molecule has 0 aliphatic carbocycles. The first kappa shape index (κ1) is 12.1. The normalized spacial score (nSPS) is 10.1. The maximum atomic E-state index is 11.8. The molecule has 0 bridgehead atoms. The quantitative estimate of drug-likeness (QED) is 0.868. The van der Waals surface area contributed by atoms with Crippen LogP contribution in [0.4, 0.5) is 5.69 Å². The second-order valence-electron chi connectivity index (χ2n) is 4.15. The van der Waals surface area contributed by atoms with Gasteiger partial charge in [-0.25, -0.2) is 0 Å². The Hall–Kier alpha value is -2.36. The maximum absolute atomic E-state index is 11.8. The second-order valence-corrected chi connectivity index (χ2v) is 4.15. The Kier molecular flexibility index (Phi) is 3.57. The average molecular weight is 242 g/mol. The Labute approximate surface area is 105 Å². The zero-order valence-corrected chi connectivity index (χ0v) is 10.1. The van der Waals surface area contributed by atoms with E-state index in [4.69, 9.17) is 0 Å². The third-order valence-corrected chi connectivity index (χ3v) is 2.43. The standard InChI is InChI=1S/C14H14N2O2/c1-10-5-12(9-15-8-10)16-14(18)7-11-3-2-4-13(17)6-11/h2-6,8-9,17H,7H2,1H3,(H,16,18). The van der Waals surface area contributed by atoms with Crippen molar-refractivity contribution in [2.24, 2.45) is 0 Å². The smallest absolute Gasteiger partial charge is 0.228 e. The van der Waals surface area contributed by atoms with Gasteiger partial charge in [0.2, 0.25) is 5.91 Å². The van der Waals surface area contributed by atoms with Crippen molar-refractivity contribution in [3.8, 4) is 5.75 Å². The van der Waals surface area contributed by atoms with Crippen LogP contribution in [0.25, 0.3) is 0 Å². The molecule has 0 atom stereocenters. The van der Waals surface area contributed by atoms with Gasteiger partial charge in [-0.05, 0) is 36.2 Å². The molecule has 0 aliphatic rings. The molecule has 0 saturated carbocycles. The fourth-order valence-electron chi connectivity index (χ4n) is 1.68. The Morgan fingerprint density at radius 1 is 1.33 bits per heavy atom. The van der Waals surface area contributed by atoms with E-state index in [0.717, 1.165) is 11.1 Å². The first-order chi connectivity index (χ1) is 8.63. The van der Waals surface area contributed by atoms with Crippen molar-refractivity contribution >= 4 is 11.6 Å². The highest BCUT2D eigenvalue weighted by molar-refractivity contribution is 5.92. The van der Waals surface area contributed by atoms with Gasteiger partial charge in [0.15, 0.2) is 0 Å². The molecule has 2 aromatic rings. The monoisotopic (exact) mass is 242 g/mol. The van der Waals surface area contributed by atoms with Crippen molar-refractivity contribution < 1.29 is 9.90 Å².